The predicted octanol–water partition coefficient (Wildman–Crippen LogP) is 3.24. The van der Waals surface area contributed by atoms with Gasteiger partial charge in [-0.2, -0.15) is 5.26 Å². The maximum absolute atomic E-state index is 12.8. The van der Waals surface area contributed by atoms with Gasteiger partial charge in [-0.15, -0.1) is 0 Å². The van der Waals surface area contributed by atoms with E-state index in [0.29, 0.717) is 28.4 Å². The number of nitrogens with one attached hydrogen (secondary N) is 1. The Bertz CT molecular complexity index is 1090. The Kier molecular flexibility index (Phi) is 5.89. The van der Waals surface area contributed by atoms with Crippen LogP contribution in [0.2, 0.25) is 0 Å². The highest BCUT2D eigenvalue weighted by molar-refractivity contribution is 7.92. The van der Waals surface area contributed by atoms with Crippen LogP contribution in [-0.4, -0.2) is 37.3 Å². The number of pyridine rings is 1. The zero-order chi connectivity index (χ0) is 21.2. The van der Waals surface area contributed by atoms with Crippen LogP contribution >= 0.6 is 0 Å². The van der Waals surface area contributed by atoms with Crippen molar-refractivity contribution in [1.29, 1.82) is 5.26 Å². The van der Waals surface area contributed by atoms with Crippen LogP contribution in [-0.2, 0) is 10.0 Å². The standard InChI is InChI=1S/C21H24N4O3S/c1-14-5-4-8-25(13-14)21(26)17-6-7-20(15(2)9-17)24-29(27,28)19-10-18(11-22)16(3)23-12-19/h6-7,9-10,12,14,24H,4-5,8,13H2,1-3H3. The number of benzene rings is 1. The van der Waals surface area contributed by atoms with E-state index < -0.39 is 10.0 Å². The maximum atomic E-state index is 12.8. The second-order valence-corrected chi connectivity index (χ2v) is 9.23. The van der Waals surface area contributed by atoms with Crippen molar-refractivity contribution in [1.82, 2.24) is 9.88 Å². The monoisotopic (exact) mass is 412 g/mol. The molecule has 7 nitrogen and oxygen atoms in total. The minimum Gasteiger partial charge on any atom is -0.338 e. The molecule has 2 aromatic rings. The van der Waals surface area contributed by atoms with Crippen molar-refractivity contribution in [2.24, 2.45) is 5.92 Å². The van der Waals surface area contributed by atoms with Crippen LogP contribution in [0.4, 0.5) is 5.69 Å². The number of hydrogen-bond acceptors (Lipinski definition) is 5. The van der Waals surface area contributed by atoms with E-state index in [2.05, 4.69) is 16.6 Å². The van der Waals surface area contributed by atoms with Gasteiger partial charge in [-0.05, 0) is 62.4 Å². The highest BCUT2D eigenvalue weighted by atomic mass is 32.2. The summed E-state index contributed by atoms with van der Waals surface area (Å²) in [4.78, 5) is 18.5. The second-order valence-electron chi connectivity index (χ2n) is 7.55. The van der Waals surface area contributed by atoms with Crippen molar-refractivity contribution in [3.63, 3.8) is 0 Å². The molecule has 0 radical (unpaired) electrons. The Morgan fingerprint density at radius 2 is 2.07 bits per heavy atom. The topological polar surface area (TPSA) is 103 Å². The molecule has 0 aliphatic carbocycles. The first-order valence-electron chi connectivity index (χ1n) is 9.51. The number of anilines is 1. The molecule has 3 rings (SSSR count). The molecule has 1 aromatic heterocycles. The van der Waals surface area contributed by atoms with Gasteiger partial charge in [0.05, 0.1) is 16.9 Å². The summed E-state index contributed by atoms with van der Waals surface area (Å²) >= 11 is 0. The van der Waals surface area contributed by atoms with Gasteiger partial charge in [0.25, 0.3) is 15.9 Å². The van der Waals surface area contributed by atoms with Gasteiger partial charge in [-0.1, -0.05) is 6.92 Å². The first-order valence-corrected chi connectivity index (χ1v) is 11.0. The molecule has 8 heteroatoms. The lowest BCUT2D eigenvalue weighted by Crippen LogP contribution is -2.39. The van der Waals surface area contributed by atoms with Gasteiger partial charge >= 0.3 is 0 Å². The maximum Gasteiger partial charge on any atom is 0.263 e. The van der Waals surface area contributed by atoms with Crippen LogP contribution in [0.3, 0.4) is 0 Å². The number of aryl methyl sites for hydroxylation is 2. The first-order chi connectivity index (χ1) is 13.7. The third-order valence-corrected chi connectivity index (χ3v) is 6.49. The van der Waals surface area contributed by atoms with E-state index in [1.807, 2.05) is 11.0 Å². The molecule has 29 heavy (non-hydrogen) atoms. The third kappa shape index (κ3) is 4.57. The SMILES string of the molecule is Cc1cc(C(=O)N2CCCC(C)C2)ccc1NS(=O)(=O)c1cnc(C)c(C#N)c1. The summed E-state index contributed by atoms with van der Waals surface area (Å²) < 4.78 is 27.9. The molecule has 1 fully saturated rings. The lowest BCUT2D eigenvalue weighted by molar-refractivity contribution is 0.0683. The number of aromatic nitrogens is 1. The zero-order valence-electron chi connectivity index (χ0n) is 16.8. The summed E-state index contributed by atoms with van der Waals surface area (Å²) in [6.07, 6.45) is 3.35. The molecule has 0 saturated carbocycles. The van der Waals surface area contributed by atoms with Gasteiger partial charge < -0.3 is 4.90 Å². The van der Waals surface area contributed by atoms with Gasteiger partial charge in [0, 0.05) is 24.8 Å². The van der Waals surface area contributed by atoms with Crippen molar-refractivity contribution in [2.45, 2.75) is 38.5 Å². The smallest absolute Gasteiger partial charge is 0.263 e. The molecule has 0 bridgehead atoms. The van der Waals surface area contributed by atoms with Gasteiger partial charge in [0.1, 0.15) is 11.0 Å². The van der Waals surface area contributed by atoms with E-state index in [9.17, 15) is 13.2 Å². The molecule has 1 amide bonds. The Hall–Kier alpha value is -2.92. The number of piperidine rings is 1. The van der Waals surface area contributed by atoms with Gasteiger partial charge in [0.2, 0.25) is 0 Å². The minimum atomic E-state index is -3.90. The van der Waals surface area contributed by atoms with Gasteiger partial charge in [0.15, 0.2) is 0 Å². The molecule has 1 atom stereocenters. The summed E-state index contributed by atoms with van der Waals surface area (Å²) in [5.74, 6) is 0.455. The summed E-state index contributed by atoms with van der Waals surface area (Å²) in [5, 5.41) is 9.11. The molecule has 2 heterocycles. The summed E-state index contributed by atoms with van der Waals surface area (Å²) in [6, 6.07) is 8.18. The number of nitriles is 1. The van der Waals surface area contributed by atoms with Crippen LogP contribution in [0.1, 0.15) is 46.9 Å². The first kappa shape index (κ1) is 20.8. The quantitative estimate of drug-likeness (QED) is 0.830. The molecule has 1 unspecified atom stereocenters. The lowest BCUT2D eigenvalue weighted by atomic mass is 9.99. The fraction of sp³-hybridized carbons (Fsp3) is 0.381. The summed E-state index contributed by atoms with van der Waals surface area (Å²) in [5.41, 5.74) is 2.25. The predicted molar refractivity (Wildman–Crippen MR) is 110 cm³/mol. The average Bonchev–Trinajstić information content (AvgIpc) is 2.69. The van der Waals surface area contributed by atoms with Crippen molar-refractivity contribution in [3.8, 4) is 6.07 Å². The minimum absolute atomic E-state index is 0.0320. The number of amides is 1. The second kappa shape index (κ2) is 8.21. The number of hydrogen-bond donors (Lipinski definition) is 1. The number of sulfonamides is 1. The molecule has 1 aliphatic heterocycles. The van der Waals surface area contributed by atoms with Crippen LogP contribution in [0.15, 0.2) is 35.4 Å². The molecule has 1 N–H and O–H groups in total. The van der Waals surface area contributed by atoms with Crippen LogP contribution < -0.4 is 4.72 Å². The van der Waals surface area contributed by atoms with E-state index in [1.54, 1.807) is 32.0 Å². The number of carbonyl (C=O) groups excluding carboxylic acids is 1. The van der Waals surface area contributed by atoms with Gasteiger partial charge in [-0.3, -0.25) is 14.5 Å². The van der Waals surface area contributed by atoms with Crippen molar-refractivity contribution in [3.05, 3.63) is 52.8 Å². The van der Waals surface area contributed by atoms with Crippen molar-refractivity contribution < 1.29 is 13.2 Å². The fourth-order valence-corrected chi connectivity index (χ4v) is 4.55. The van der Waals surface area contributed by atoms with Crippen LogP contribution in [0.25, 0.3) is 0 Å². The fourth-order valence-electron chi connectivity index (χ4n) is 3.45. The van der Waals surface area contributed by atoms with E-state index in [-0.39, 0.29) is 16.4 Å². The highest BCUT2D eigenvalue weighted by Crippen LogP contribution is 2.24. The summed E-state index contributed by atoms with van der Waals surface area (Å²) in [6.45, 7) is 7.03. The Morgan fingerprint density at radius 3 is 2.72 bits per heavy atom. The van der Waals surface area contributed by atoms with E-state index in [1.165, 1.54) is 12.3 Å². The molecule has 1 aliphatic rings. The highest BCUT2D eigenvalue weighted by Gasteiger charge is 2.23. The van der Waals surface area contributed by atoms with Crippen LogP contribution in [0.5, 0.6) is 0 Å². The summed E-state index contributed by atoms with van der Waals surface area (Å²) in [7, 11) is -3.90. The zero-order valence-corrected chi connectivity index (χ0v) is 17.6. The van der Waals surface area contributed by atoms with Gasteiger partial charge in [-0.25, -0.2) is 8.42 Å². The molecule has 0 spiro atoms. The number of nitrogens with zero attached hydrogens (tertiary/aromatic N) is 3. The molecular weight excluding hydrogens is 388 g/mol. The molecular formula is C21H24N4O3S. The Balaban J connectivity index is 1.82. The number of carbonyl (C=O) groups is 1. The van der Waals surface area contributed by atoms with Crippen molar-refractivity contribution in [2.75, 3.05) is 17.8 Å². The third-order valence-electron chi connectivity index (χ3n) is 5.15. The Labute approximate surface area is 171 Å². The van der Waals surface area contributed by atoms with Crippen LogP contribution in [0, 0.1) is 31.1 Å². The molecule has 1 saturated heterocycles. The molecule has 152 valence electrons. The molecule has 1 aromatic carbocycles. The Morgan fingerprint density at radius 1 is 1.31 bits per heavy atom. The normalized spacial score (nSPS) is 16.9. The van der Waals surface area contributed by atoms with Crippen molar-refractivity contribution >= 4 is 21.6 Å². The number of likely N-dealkylation sites (tertiary alicyclic amines) is 1. The lowest BCUT2D eigenvalue weighted by Gasteiger charge is -2.31. The number of rotatable bonds is 4. The van der Waals surface area contributed by atoms with E-state index in [4.69, 9.17) is 5.26 Å². The average molecular weight is 413 g/mol. The largest absolute Gasteiger partial charge is 0.338 e. The van der Waals surface area contributed by atoms with E-state index >= 15 is 0 Å². The van der Waals surface area contributed by atoms with E-state index in [0.717, 1.165) is 25.9 Å².